The molecular formula is C17H19F2N3O2. The third kappa shape index (κ3) is 3.39. The maximum atomic E-state index is 13.2. The Labute approximate surface area is 138 Å². The van der Waals surface area contributed by atoms with Gasteiger partial charge in [-0.25, -0.2) is 8.78 Å². The number of hydrogen-bond donors (Lipinski definition) is 1. The van der Waals surface area contributed by atoms with E-state index >= 15 is 0 Å². The number of amides is 1. The molecule has 1 aromatic carbocycles. The van der Waals surface area contributed by atoms with Gasteiger partial charge in [0.1, 0.15) is 5.75 Å². The Balaban J connectivity index is 1.65. The fourth-order valence-electron chi connectivity index (χ4n) is 2.91. The number of fused-ring (bicyclic) bond motifs is 1. The molecule has 0 spiro atoms. The van der Waals surface area contributed by atoms with Crippen molar-refractivity contribution in [2.24, 2.45) is 7.05 Å². The number of carbonyl (C=O) groups is 1. The Hall–Kier alpha value is -2.44. The molecule has 128 valence electrons. The van der Waals surface area contributed by atoms with Crippen molar-refractivity contribution in [3.05, 3.63) is 47.3 Å². The van der Waals surface area contributed by atoms with Crippen LogP contribution in [0.4, 0.5) is 8.78 Å². The summed E-state index contributed by atoms with van der Waals surface area (Å²) in [7, 11) is 1.85. The van der Waals surface area contributed by atoms with Crippen molar-refractivity contribution in [2.45, 2.75) is 38.3 Å². The van der Waals surface area contributed by atoms with Gasteiger partial charge in [0.05, 0.1) is 11.7 Å². The Morgan fingerprint density at radius 2 is 2.21 bits per heavy atom. The van der Waals surface area contributed by atoms with E-state index in [-0.39, 0.29) is 17.7 Å². The van der Waals surface area contributed by atoms with Crippen LogP contribution in [0.3, 0.4) is 0 Å². The monoisotopic (exact) mass is 335 g/mol. The van der Waals surface area contributed by atoms with E-state index in [1.165, 1.54) is 6.07 Å². The van der Waals surface area contributed by atoms with Gasteiger partial charge in [-0.2, -0.15) is 5.10 Å². The molecule has 3 rings (SSSR count). The number of halogens is 2. The molecule has 2 atom stereocenters. The van der Waals surface area contributed by atoms with E-state index in [4.69, 9.17) is 4.74 Å². The molecule has 1 amide bonds. The summed E-state index contributed by atoms with van der Waals surface area (Å²) in [6.07, 6.45) is 3.79. The zero-order valence-corrected chi connectivity index (χ0v) is 13.6. The van der Waals surface area contributed by atoms with Crippen molar-refractivity contribution in [1.82, 2.24) is 15.1 Å². The first-order valence-electron chi connectivity index (χ1n) is 7.88. The number of rotatable bonds is 4. The standard InChI is InChI=1S/C17H19F2N3O2/c1-10(24-11-6-7-13(18)14(19)8-11)17(23)20-15-4-3-5-16-12(15)9-22(2)21-16/h6-10,15H,3-5H2,1-2H3,(H,20,23). The van der Waals surface area contributed by atoms with Gasteiger partial charge in [-0.05, 0) is 38.3 Å². The van der Waals surface area contributed by atoms with E-state index in [9.17, 15) is 13.6 Å². The first-order chi connectivity index (χ1) is 11.4. The van der Waals surface area contributed by atoms with Gasteiger partial charge in [-0.3, -0.25) is 9.48 Å². The number of ether oxygens (including phenoxy) is 1. The molecule has 0 saturated heterocycles. The average Bonchev–Trinajstić information content (AvgIpc) is 2.92. The van der Waals surface area contributed by atoms with Crippen molar-refractivity contribution >= 4 is 5.91 Å². The third-order valence-corrected chi connectivity index (χ3v) is 4.11. The molecular weight excluding hydrogens is 316 g/mol. The maximum absolute atomic E-state index is 13.2. The number of hydrogen-bond acceptors (Lipinski definition) is 3. The number of aromatic nitrogens is 2. The van der Waals surface area contributed by atoms with Crippen LogP contribution in [0.15, 0.2) is 24.4 Å². The molecule has 7 heteroatoms. The lowest BCUT2D eigenvalue weighted by Crippen LogP contribution is -2.39. The number of nitrogens with one attached hydrogen (secondary N) is 1. The zero-order valence-electron chi connectivity index (χ0n) is 13.6. The summed E-state index contributed by atoms with van der Waals surface area (Å²) in [5, 5.41) is 7.35. The van der Waals surface area contributed by atoms with E-state index in [1.54, 1.807) is 11.6 Å². The second-order valence-corrected chi connectivity index (χ2v) is 5.99. The maximum Gasteiger partial charge on any atom is 0.261 e. The SMILES string of the molecule is CC(Oc1ccc(F)c(F)c1)C(=O)NC1CCCc2nn(C)cc21. The zero-order chi connectivity index (χ0) is 17.3. The van der Waals surface area contributed by atoms with E-state index in [0.29, 0.717) is 0 Å². The van der Waals surface area contributed by atoms with Crippen molar-refractivity contribution in [3.63, 3.8) is 0 Å². The highest BCUT2D eigenvalue weighted by Crippen LogP contribution is 2.28. The molecule has 0 saturated carbocycles. The highest BCUT2D eigenvalue weighted by molar-refractivity contribution is 5.81. The van der Waals surface area contributed by atoms with Crippen LogP contribution in [0.1, 0.15) is 37.1 Å². The molecule has 0 fully saturated rings. The van der Waals surface area contributed by atoms with E-state index in [0.717, 1.165) is 42.7 Å². The first kappa shape index (κ1) is 16.4. The minimum Gasteiger partial charge on any atom is -0.481 e. The lowest BCUT2D eigenvalue weighted by Gasteiger charge is -2.24. The van der Waals surface area contributed by atoms with Gasteiger partial charge in [0.25, 0.3) is 5.91 Å². The van der Waals surface area contributed by atoms with Crippen LogP contribution in [0.25, 0.3) is 0 Å². The molecule has 1 N–H and O–H groups in total. The second-order valence-electron chi connectivity index (χ2n) is 5.99. The van der Waals surface area contributed by atoms with E-state index in [2.05, 4.69) is 10.4 Å². The van der Waals surface area contributed by atoms with E-state index < -0.39 is 17.7 Å². The highest BCUT2D eigenvalue weighted by atomic mass is 19.2. The lowest BCUT2D eigenvalue weighted by molar-refractivity contribution is -0.128. The highest BCUT2D eigenvalue weighted by Gasteiger charge is 2.26. The summed E-state index contributed by atoms with van der Waals surface area (Å²) < 4.78 is 33.3. The van der Waals surface area contributed by atoms with Gasteiger partial charge in [-0.15, -0.1) is 0 Å². The van der Waals surface area contributed by atoms with Gasteiger partial charge in [0.2, 0.25) is 0 Å². The molecule has 1 aliphatic carbocycles. The number of benzene rings is 1. The van der Waals surface area contributed by atoms with Crippen LogP contribution in [0.5, 0.6) is 5.75 Å². The van der Waals surface area contributed by atoms with Gasteiger partial charge < -0.3 is 10.1 Å². The lowest BCUT2D eigenvalue weighted by atomic mass is 9.93. The molecule has 1 heterocycles. The first-order valence-corrected chi connectivity index (χ1v) is 7.88. The predicted molar refractivity (Wildman–Crippen MR) is 83.5 cm³/mol. The van der Waals surface area contributed by atoms with Gasteiger partial charge >= 0.3 is 0 Å². The molecule has 5 nitrogen and oxygen atoms in total. The quantitative estimate of drug-likeness (QED) is 0.935. The van der Waals surface area contributed by atoms with Crippen LogP contribution in [0.2, 0.25) is 0 Å². The molecule has 24 heavy (non-hydrogen) atoms. The normalized spacial score (nSPS) is 17.9. The molecule has 0 bridgehead atoms. The van der Waals surface area contributed by atoms with Crippen molar-refractivity contribution in [1.29, 1.82) is 0 Å². The number of carbonyl (C=O) groups excluding carboxylic acids is 1. The summed E-state index contributed by atoms with van der Waals surface area (Å²) in [6, 6.07) is 3.09. The largest absolute Gasteiger partial charge is 0.481 e. The number of nitrogens with zero attached hydrogens (tertiary/aromatic N) is 2. The van der Waals surface area contributed by atoms with Crippen LogP contribution in [0, 0.1) is 11.6 Å². The van der Waals surface area contributed by atoms with Crippen molar-refractivity contribution in [2.75, 3.05) is 0 Å². The Kier molecular flexibility index (Phi) is 4.51. The van der Waals surface area contributed by atoms with Crippen molar-refractivity contribution in [3.8, 4) is 5.75 Å². The second kappa shape index (κ2) is 6.59. The summed E-state index contributed by atoms with van der Waals surface area (Å²) in [6.45, 7) is 1.57. The average molecular weight is 335 g/mol. The van der Waals surface area contributed by atoms with Crippen LogP contribution >= 0.6 is 0 Å². The van der Waals surface area contributed by atoms with Gasteiger partial charge in [0.15, 0.2) is 17.7 Å². The molecule has 2 unspecified atom stereocenters. The molecule has 0 radical (unpaired) electrons. The van der Waals surface area contributed by atoms with Crippen LogP contribution in [-0.4, -0.2) is 21.8 Å². The Bertz CT molecular complexity index is 760. The fourth-order valence-corrected chi connectivity index (χ4v) is 2.91. The Morgan fingerprint density at radius 1 is 1.42 bits per heavy atom. The molecule has 0 aliphatic heterocycles. The third-order valence-electron chi connectivity index (χ3n) is 4.11. The summed E-state index contributed by atoms with van der Waals surface area (Å²) >= 11 is 0. The van der Waals surface area contributed by atoms with Gasteiger partial charge in [0, 0.05) is 24.9 Å². The molecule has 2 aromatic rings. The smallest absolute Gasteiger partial charge is 0.261 e. The molecule has 1 aliphatic rings. The van der Waals surface area contributed by atoms with Crippen LogP contribution < -0.4 is 10.1 Å². The van der Waals surface area contributed by atoms with Crippen LogP contribution in [-0.2, 0) is 18.3 Å². The number of aryl methyl sites for hydroxylation is 2. The topological polar surface area (TPSA) is 56.1 Å². The summed E-state index contributed by atoms with van der Waals surface area (Å²) in [4.78, 5) is 12.4. The van der Waals surface area contributed by atoms with Crippen molar-refractivity contribution < 1.29 is 18.3 Å². The van der Waals surface area contributed by atoms with E-state index in [1.807, 2.05) is 13.2 Å². The Morgan fingerprint density at radius 3 is 2.96 bits per heavy atom. The predicted octanol–water partition coefficient (Wildman–Crippen LogP) is 2.66. The molecule has 1 aromatic heterocycles. The minimum atomic E-state index is -1.01. The fraction of sp³-hybridized carbons (Fsp3) is 0.412. The van der Waals surface area contributed by atoms with Gasteiger partial charge in [-0.1, -0.05) is 0 Å². The summed E-state index contributed by atoms with van der Waals surface area (Å²) in [5.74, 6) is -2.15. The minimum absolute atomic E-state index is 0.106. The summed E-state index contributed by atoms with van der Waals surface area (Å²) in [5.41, 5.74) is 2.03.